The Bertz CT molecular complexity index is 442. The lowest BCUT2D eigenvalue weighted by Crippen LogP contribution is -2.40. The SMILES string of the molecule is CC(C)c1nnc(NC(=O)CN(C)CC(C)(C)CN)o1. The second kappa shape index (κ2) is 6.81. The fourth-order valence-electron chi connectivity index (χ4n) is 1.77. The smallest absolute Gasteiger partial charge is 0.322 e. The third-order valence-electron chi connectivity index (χ3n) is 2.84. The Morgan fingerprint density at radius 2 is 2.10 bits per heavy atom. The number of carbonyl (C=O) groups excluding carboxylic acids is 1. The van der Waals surface area contributed by atoms with Crippen molar-refractivity contribution in [3.8, 4) is 0 Å². The number of hydrogen-bond acceptors (Lipinski definition) is 6. The summed E-state index contributed by atoms with van der Waals surface area (Å²) in [6, 6.07) is 0.144. The topological polar surface area (TPSA) is 97.3 Å². The minimum absolute atomic E-state index is 0.0235. The molecule has 0 aliphatic carbocycles. The van der Waals surface area contributed by atoms with Crippen LogP contribution >= 0.6 is 0 Å². The summed E-state index contributed by atoms with van der Waals surface area (Å²) in [4.78, 5) is 13.8. The van der Waals surface area contributed by atoms with Crippen LogP contribution in [0.1, 0.15) is 39.5 Å². The maximum atomic E-state index is 11.9. The van der Waals surface area contributed by atoms with Gasteiger partial charge < -0.3 is 10.2 Å². The fourth-order valence-corrected chi connectivity index (χ4v) is 1.77. The van der Waals surface area contributed by atoms with Crippen molar-refractivity contribution in [1.29, 1.82) is 0 Å². The summed E-state index contributed by atoms with van der Waals surface area (Å²) < 4.78 is 5.33. The van der Waals surface area contributed by atoms with Gasteiger partial charge in [0.1, 0.15) is 0 Å². The van der Waals surface area contributed by atoms with Crippen LogP contribution in [0.2, 0.25) is 0 Å². The minimum Gasteiger partial charge on any atom is -0.408 e. The van der Waals surface area contributed by atoms with Gasteiger partial charge in [-0.15, -0.1) is 5.10 Å². The predicted octanol–water partition coefficient (Wildman–Crippen LogP) is 1.05. The number of carbonyl (C=O) groups is 1. The molecule has 1 amide bonds. The molecule has 7 heteroatoms. The van der Waals surface area contributed by atoms with Crippen molar-refractivity contribution in [2.24, 2.45) is 11.1 Å². The average Bonchev–Trinajstić information content (AvgIpc) is 2.76. The van der Waals surface area contributed by atoms with Crippen molar-refractivity contribution in [2.45, 2.75) is 33.6 Å². The molecule has 7 nitrogen and oxygen atoms in total. The molecule has 0 saturated carbocycles. The first-order chi connectivity index (χ1) is 9.23. The Morgan fingerprint density at radius 3 is 2.60 bits per heavy atom. The molecule has 0 unspecified atom stereocenters. The van der Waals surface area contributed by atoms with Crippen molar-refractivity contribution in [2.75, 3.05) is 32.0 Å². The lowest BCUT2D eigenvalue weighted by molar-refractivity contribution is -0.117. The molecule has 0 saturated heterocycles. The first-order valence-corrected chi connectivity index (χ1v) is 6.75. The Kier molecular flexibility index (Phi) is 5.64. The number of aromatic nitrogens is 2. The second-order valence-corrected chi connectivity index (χ2v) is 6.19. The van der Waals surface area contributed by atoms with Crippen LogP contribution < -0.4 is 11.1 Å². The van der Waals surface area contributed by atoms with E-state index in [9.17, 15) is 4.79 Å². The van der Waals surface area contributed by atoms with E-state index in [0.717, 1.165) is 6.54 Å². The van der Waals surface area contributed by atoms with Crippen molar-refractivity contribution < 1.29 is 9.21 Å². The summed E-state index contributed by atoms with van der Waals surface area (Å²) in [5.41, 5.74) is 5.66. The molecule has 1 rings (SSSR count). The Morgan fingerprint density at radius 1 is 1.45 bits per heavy atom. The molecule has 1 heterocycles. The number of rotatable bonds is 7. The number of nitrogens with two attached hydrogens (primary N) is 1. The van der Waals surface area contributed by atoms with Gasteiger partial charge in [0.05, 0.1) is 6.54 Å². The third-order valence-corrected chi connectivity index (χ3v) is 2.84. The lowest BCUT2D eigenvalue weighted by Gasteiger charge is -2.28. The van der Waals surface area contributed by atoms with Gasteiger partial charge in [-0.25, -0.2) is 0 Å². The van der Waals surface area contributed by atoms with Crippen LogP contribution in [-0.4, -0.2) is 47.7 Å². The number of amides is 1. The zero-order chi connectivity index (χ0) is 15.3. The van der Waals surface area contributed by atoms with Gasteiger partial charge >= 0.3 is 6.01 Å². The molecule has 0 aliphatic heterocycles. The summed E-state index contributed by atoms with van der Waals surface area (Å²) >= 11 is 0. The summed E-state index contributed by atoms with van der Waals surface area (Å²) in [5.74, 6) is 0.471. The molecule has 0 atom stereocenters. The van der Waals surface area contributed by atoms with Gasteiger partial charge in [0, 0.05) is 12.5 Å². The van der Waals surface area contributed by atoms with Crippen LogP contribution in [0.25, 0.3) is 0 Å². The van der Waals surface area contributed by atoms with E-state index in [1.54, 1.807) is 0 Å². The number of nitrogens with one attached hydrogen (secondary N) is 1. The molecule has 3 N–H and O–H groups in total. The van der Waals surface area contributed by atoms with Gasteiger partial charge in [-0.2, -0.15) is 0 Å². The summed E-state index contributed by atoms with van der Waals surface area (Å²) in [6.07, 6.45) is 0. The monoisotopic (exact) mass is 283 g/mol. The zero-order valence-corrected chi connectivity index (χ0v) is 12.9. The Balaban J connectivity index is 2.46. The van der Waals surface area contributed by atoms with E-state index in [2.05, 4.69) is 29.4 Å². The van der Waals surface area contributed by atoms with E-state index in [0.29, 0.717) is 12.4 Å². The molecule has 20 heavy (non-hydrogen) atoms. The van der Waals surface area contributed by atoms with E-state index in [1.165, 1.54) is 0 Å². The van der Waals surface area contributed by atoms with Crippen molar-refractivity contribution >= 4 is 11.9 Å². The number of nitrogens with zero attached hydrogens (tertiary/aromatic N) is 3. The highest BCUT2D eigenvalue weighted by Gasteiger charge is 2.20. The van der Waals surface area contributed by atoms with E-state index in [4.69, 9.17) is 10.2 Å². The molecule has 1 aromatic heterocycles. The normalized spacial score (nSPS) is 12.2. The first kappa shape index (κ1) is 16.6. The highest BCUT2D eigenvalue weighted by atomic mass is 16.4. The van der Waals surface area contributed by atoms with E-state index < -0.39 is 0 Å². The largest absolute Gasteiger partial charge is 0.408 e. The van der Waals surface area contributed by atoms with Crippen LogP contribution in [0.15, 0.2) is 4.42 Å². The van der Waals surface area contributed by atoms with Crippen LogP contribution in [0, 0.1) is 5.41 Å². The molecular formula is C13H25N5O2. The van der Waals surface area contributed by atoms with Crippen molar-refractivity contribution in [1.82, 2.24) is 15.1 Å². The van der Waals surface area contributed by atoms with Gasteiger partial charge in [-0.1, -0.05) is 32.8 Å². The van der Waals surface area contributed by atoms with E-state index in [-0.39, 0.29) is 29.8 Å². The van der Waals surface area contributed by atoms with E-state index in [1.807, 2.05) is 25.8 Å². The zero-order valence-electron chi connectivity index (χ0n) is 12.9. The van der Waals surface area contributed by atoms with Gasteiger partial charge in [0.2, 0.25) is 11.8 Å². The Hall–Kier alpha value is -1.47. The Labute approximate surface area is 119 Å². The predicted molar refractivity (Wildman–Crippen MR) is 77.3 cm³/mol. The summed E-state index contributed by atoms with van der Waals surface area (Å²) in [5, 5.41) is 10.2. The van der Waals surface area contributed by atoms with Crippen LogP contribution in [0.5, 0.6) is 0 Å². The highest BCUT2D eigenvalue weighted by molar-refractivity contribution is 5.90. The number of likely N-dealkylation sites (N-methyl/N-ethyl adjacent to an activating group) is 1. The molecule has 0 bridgehead atoms. The fraction of sp³-hybridized carbons (Fsp3) is 0.769. The van der Waals surface area contributed by atoms with Gasteiger partial charge in [0.25, 0.3) is 0 Å². The molecule has 0 spiro atoms. The summed E-state index contributed by atoms with van der Waals surface area (Å²) in [7, 11) is 1.88. The first-order valence-electron chi connectivity index (χ1n) is 6.75. The average molecular weight is 283 g/mol. The van der Waals surface area contributed by atoms with Crippen molar-refractivity contribution in [3.05, 3.63) is 5.89 Å². The minimum atomic E-state index is -0.181. The second-order valence-electron chi connectivity index (χ2n) is 6.19. The van der Waals surface area contributed by atoms with E-state index >= 15 is 0 Å². The van der Waals surface area contributed by atoms with Gasteiger partial charge in [-0.3, -0.25) is 15.0 Å². The van der Waals surface area contributed by atoms with Crippen LogP contribution in [0.4, 0.5) is 6.01 Å². The van der Waals surface area contributed by atoms with Gasteiger partial charge in [0.15, 0.2) is 0 Å². The molecule has 1 aromatic rings. The standard InChI is InChI=1S/C13H25N5O2/c1-9(2)11-16-17-12(20-11)15-10(19)6-18(5)8-13(3,4)7-14/h9H,6-8,14H2,1-5H3,(H,15,17,19). The van der Waals surface area contributed by atoms with Crippen molar-refractivity contribution in [3.63, 3.8) is 0 Å². The molecule has 0 aliphatic rings. The molecule has 0 fully saturated rings. The summed E-state index contributed by atoms with van der Waals surface area (Å²) in [6.45, 7) is 9.58. The molecular weight excluding hydrogens is 258 g/mol. The molecule has 0 aromatic carbocycles. The maximum absolute atomic E-state index is 11.9. The third kappa shape index (κ3) is 5.26. The highest BCUT2D eigenvalue weighted by Crippen LogP contribution is 2.15. The van der Waals surface area contributed by atoms with Gasteiger partial charge in [-0.05, 0) is 19.0 Å². The number of hydrogen-bond donors (Lipinski definition) is 2. The molecule has 0 radical (unpaired) electrons. The van der Waals surface area contributed by atoms with Crippen LogP contribution in [-0.2, 0) is 4.79 Å². The number of anilines is 1. The molecule has 114 valence electrons. The maximum Gasteiger partial charge on any atom is 0.322 e. The lowest BCUT2D eigenvalue weighted by atomic mass is 9.93. The quantitative estimate of drug-likeness (QED) is 0.776. The van der Waals surface area contributed by atoms with Crippen LogP contribution in [0.3, 0.4) is 0 Å².